The molecule has 1 heterocycles. The lowest BCUT2D eigenvalue weighted by Crippen LogP contribution is -2.43. The fourth-order valence-electron chi connectivity index (χ4n) is 4.57. The van der Waals surface area contributed by atoms with Crippen LogP contribution >= 0.6 is 0 Å². The standard InChI is InChI=1S/C27H31NO4/c1-28-23(19-29)13-18-26(28)32-27(20-7-5-4-6-8-20,21-9-14-24(30-2)15-10-21)22-11-16-25(31-3)17-12-22/h4-12,14-17,23,26,29H,13,18-19H2,1-3H3. The van der Waals surface area contributed by atoms with E-state index >= 15 is 0 Å². The summed E-state index contributed by atoms with van der Waals surface area (Å²) in [6.07, 6.45) is 1.60. The van der Waals surface area contributed by atoms with Gasteiger partial charge in [0.1, 0.15) is 23.3 Å². The van der Waals surface area contributed by atoms with Gasteiger partial charge in [-0.15, -0.1) is 0 Å². The summed E-state index contributed by atoms with van der Waals surface area (Å²) in [5.41, 5.74) is 2.21. The smallest absolute Gasteiger partial charge is 0.145 e. The van der Waals surface area contributed by atoms with E-state index in [0.29, 0.717) is 0 Å². The summed E-state index contributed by atoms with van der Waals surface area (Å²) in [6.45, 7) is 0.125. The van der Waals surface area contributed by atoms with Crippen LogP contribution in [0.15, 0.2) is 78.9 Å². The Morgan fingerprint density at radius 2 is 1.28 bits per heavy atom. The molecule has 0 aromatic heterocycles. The van der Waals surface area contributed by atoms with Crippen LogP contribution in [0.25, 0.3) is 0 Å². The Bertz CT molecular complexity index is 941. The minimum absolute atomic E-state index is 0.0974. The van der Waals surface area contributed by atoms with Crippen molar-refractivity contribution < 1.29 is 19.3 Å². The van der Waals surface area contributed by atoms with E-state index in [2.05, 4.69) is 41.3 Å². The molecule has 1 aliphatic heterocycles. The second-order valence-corrected chi connectivity index (χ2v) is 8.16. The van der Waals surface area contributed by atoms with Crippen molar-refractivity contribution in [2.75, 3.05) is 27.9 Å². The third-order valence-corrected chi connectivity index (χ3v) is 6.47. The molecule has 5 heteroatoms. The van der Waals surface area contributed by atoms with Gasteiger partial charge < -0.3 is 19.3 Å². The summed E-state index contributed by atoms with van der Waals surface area (Å²) in [6, 6.07) is 26.5. The van der Waals surface area contributed by atoms with Gasteiger partial charge in [0, 0.05) is 6.04 Å². The van der Waals surface area contributed by atoms with Gasteiger partial charge in [-0.05, 0) is 60.8 Å². The number of hydrogen-bond donors (Lipinski definition) is 1. The average molecular weight is 434 g/mol. The Morgan fingerprint density at radius 1 is 0.781 bits per heavy atom. The van der Waals surface area contributed by atoms with Crippen molar-refractivity contribution in [2.24, 2.45) is 0 Å². The van der Waals surface area contributed by atoms with E-state index in [1.807, 2.05) is 49.5 Å². The summed E-state index contributed by atoms with van der Waals surface area (Å²) in [7, 11) is 5.36. The molecule has 0 radical (unpaired) electrons. The van der Waals surface area contributed by atoms with Gasteiger partial charge in [0.15, 0.2) is 0 Å². The maximum absolute atomic E-state index is 9.79. The molecule has 32 heavy (non-hydrogen) atoms. The average Bonchev–Trinajstić information content (AvgIpc) is 3.22. The highest BCUT2D eigenvalue weighted by Crippen LogP contribution is 2.44. The maximum Gasteiger partial charge on any atom is 0.145 e. The van der Waals surface area contributed by atoms with Crippen LogP contribution < -0.4 is 9.47 Å². The Balaban J connectivity index is 1.90. The highest BCUT2D eigenvalue weighted by molar-refractivity contribution is 5.49. The minimum Gasteiger partial charge on any atom is -0.497 e. The second kappa shape index (κ2) is 9.74. The zero-order chi connectivity index (χ0) is 22.6. The lowest BCUT2D eigenvalue weighted by molar-refractivity contribution is -0.110. The lowest BCUT2D eigenvalue weighted by atomic mass is 9.80. The fraction of sp³-hybridized carbons (Fsp3) is 0.333. The number of likely N-dealkylation sites (tertiary alicyclic amines) is 1. The van der Waals surface area contributed by atoms with Crippen molar-refractivity contribution in [3.05, 3.63) is 95.6 Å². The molecule has 0 bridgehead atoms. The van der Waals surface area contributed by atoms with Crippen molar-refractivity contribution in [2.45, 2.75) is 30.7 Å². The Labute approximate surface area is 190 Å². The van der Waals surface area contributed by atoms with Crippen LogP contribution in [0, 0.1) is 0 Å². The van der Waals surface area contributed by atoms with Crippen molar-refractivity contribution >= 4 is 0 Å². The van der Waals surface area contributed by atoms with Gasteiger partial charge in [-0.1, -0.05) is 54.6 Å². The Kier molecular flexibility index (Phi) is 6.80. The first-order valence-corrected chi connectivity index (χ1v) is 11.0. The molecule has 3 aromatic carbocycles. The van der Waals surface area contributed by atoms with Gasteiger partial charge in [0.05, 0.1) is 20.8 Å². The van der Waals surface area contributed by atoms with Crippen molar-refractivity contribution in [1.82, 2.24) is 4.90 Å². The number of aliphatic hydroxyl groups excluding tert-OH is 1. The predicted octanol–water partition coefficient (Wildman–Crippen LogP) is 4.42. The minimum atomic E-state index is -0.844. The van der Waals surface area contributed by atoms with Crippen LogP contribution in [0.3, 0.4) is 0 Å². The van der Waals surface area contributed by atoms with Gasteiger partial charge in [-0.25, -0.2) is 0 Å². The lowest BCUT2D eigenvalue weighted by Gasteiger charge is -2.40. The van der Waals surface area contributed by atoms with Gasteiger partial charge in [-0.2, -0.15) is 0 Å². The molecule has 0 amide bonds. The van der Waals surface area contributed by atoms with Crippen LogP contribution in [-0.2, 0) is 10.3 Å². The Hall–Kier alpha value is -2.86. The zero-order valence-corrected chi connectivity index (χ0v) is 18.9. The fourth-order valence-corrected chi connectivity index (χ4v) is 4.57. The number of ether oxygens (including phenoxy) is 3. The van der Waals surface area contributed by atoms with Crippen LogP contribution in [0.4, 0.5) is 0 Å². The molecule has 1 saturated heterocycles. The number of nitrogens with zero attached hydrogens (tertiary/aromatic N) is 1. The molecule has 2 unspecified atom stereocenters. The first-order chi connectivity index (χ1) is 15.6. The van der Waals surface area contributed by atoms with Crippen molar-refractivity contribution in [3.63, 3.8) is 0 Å². The highest BCUT2D eigenvalue weighted by atomic mass is 16.5. The topological polar surface area (TPSA) is 51.2 Å². The summed E-state index contributed by atoms with van der Waals surface area (Å²) in [5.74, 6) is 1.59. The second-order valence-electron chi connectivity index (χ2n) is 8.16. The number of benzene rings is 3. The van der Waals surface area contributed by atoms with Crippen LogP contribution in [-0.4, -0.2) is 50.2 Å². The first kappa shape index (κ1) is 22.3. The van der Waals surface area contributed by atoms with Gasteiger partial charge in [0.2, 0.25) is 0 Å². The monoisotopic (exact) mass is 433 g/mol. The molecule has 168 valence electrons. The molecule has 4 rings (SSSR count). The van der Waals surface area contributed by atoms with Gasteiger partial charge in [0.25, 0.3) is 0 Å². The summed E-state index contributed by atoms with van der Waals surface area (Å²) in [5, 5.41) is 9.79. The largest absolute Gasteiger partial charge is 0.497 e. The van der Waals surface area contributed by atoms with E-state index in [-0.39, 0.29) is 18.9 Å². The molecule has 2 atom stereocenters. The number of rotatable bonds is 8. The summed E-state index contributed by atoms with van der Waals surface area (Å²) in [4.78, 5) is 2.14. The van der Waals surface area contributed by atoms with E-state index in [4.69, 9.17) is 14.2 Å². The predicted molar refractivity (Wildman–Crippen MR) is 125 cm³/mol. The van der Waals surface area contributed by atoms with Crippen molar-refractivity contribution in [1.29, 1.82) is 0 Å². The van der Waals surface area contributed by atoms with Gasteiger partial charge in [-0.3, -0.25) is 4.90 Å². The molecule has 0 saturated carbocycles. The molecular formula is C27H31NO4. The molecular weight excluding hydrogens is 402 g/mol. The third kappa shape index (κ3) is 4.11. The number of likely N-dealkylation sites (N-methyl/N-ethyl adjacent to an activating group) is 1. The molecule has 0 spiro atoms. The SMILES string of the molecule is COc1ccc(C(OC2CCC(CO)N2C)(c2ccccc2)c2ccc(OC)cc2)cc1. The third-order valence-electron chi connectivity index (χ3n) is 6.47. The van der Waals surface area contributed by atoms with E-state index in [9.17, 15) is 5.11 Å². The van der Waals surface area contributed by atoms with Crippen LogP contribution in [0.5, 0.6) is 11.5 Å². The van der Waals surface area contributed by atoms with Crippen molar-refractivity contribution in [3.8, 4) is 11.5 Å². The van der Waals surface area contributed by atoms with E-state index in [1.54, 1.807) is 14.2 Å². The molecule has 1 fully saturated rings. The quantitative estimate of drug-likeness (QED) is 0.533. The van der Waals surface area contributed by atoms with Crippen LogP contribution in [0.1, 0.15) is 29.5 Å². The van der Waals surface area contributed by atoms with E-state index < -0.39 is 5.60 Å². The zero-order valence-electron chi connectivity index (χ0n) is 18.9. The molecule has 0 aliphatic carbocycles. The highest BCUT2D eigenvalue weighted by Gasteiger charge is 2.43. The normalized spacial score (nSPS) is 19.1. The number of aliphatic hydroxyl groups is 1. The van der Waals surface area contributed by atoms with Gasteiger partial charge >= 0.3 is 0 Å². The van der Waals surface area contributed by atoms with E-state index in [1.165, 1.54) is 0 Å². The number of methoxy groups -OCH3 is 2. The van der Waals surface area contributed by atoms with Crippen LogP contribution in [0.2, 0.25) is 0 Å². The summed E-state index contributed by atoms with van der Waals surface area (Å²) < 4.78 is 17.9. The Morgan fingerprint density at radius 3 is 1.72 bits per heavy atom. The first-order valence-electron chi connectivity index (χ1n) is 11.0. The number of hydrogen-bond acceptors (Lipinski definition) is 5. The maximum atomic E-state index is 9.79. The van der Waals surface area contributed by atoms with E-state index in [0.717, 1.165) is 41.0 Å². The molecule has 1 N–H and O–H groups in total. The summed E-state index contributed by atoms with van der Waals surface area (Å²) >= 11 is 0. The molecule has 3 aromatic rings. The molecule has 1 aliphatic rings. The molecule has 5 nitrogen and oxygen atoms in total.